The number of carbonyl (C=O) groups is 2. The topological polar surface area (TPSA) is 49.4 Å². The molecule has 0 spiro atoms. The highest BCUT2D eigenvalue weighted by Gasteiger charge is 2.30. The Bertz CT molecular complexity index is 835. The Morgan fingerprint density at radius 3 is 2.26 bits per heavy atom. The number of nitrogens with one attached hydrogen (secondary N) is 1. The highest BCUT2D eigenvalue weighted by molar-refractivity contribution is 7.99. The van der Waals surface area contributed by atoms with Gasteiger partial charge in [0.05, 0.1) is 5.75 Å². The van der Waals surface area contributed by atoms with Crippen LogP contribution in [0.15, 0.2) is 54.6 Å². The van der Waals surface area contributed by atoms with Crippen molar-refractivity contribution in [1.29, 1.82) is 0 Å². The largest absolute Gasteiger partial charge is 0.350 e. The van der Waals surface area contributed by atoms with Crippen molar-refractivity contribution in [3.63, 3.8) is 0 Å². The number of carbonyl (C=O) groups excluding carboxylic acids is 2. The molecule has 0 aliphatic carbocycles. The van der Waals surface area contributed by atoms with Gasteiger partial charge in [0.2, 0.25) is 11.8 Å². The maximum absolute atomic E-state index is 13.2. The lowest BCUT2D eigenvalue weighted by atomic mass is 10.1. The summed E-state index contributed by atoms with van der Waals surface area (Å²) < 4.78 is 0. The van der Waals surface area contributed by atoms with Crippen LogP contribution in [0.1, 0.15) is 45.2 Å². The van der Waals surface area contributed by atoms with Gasteiger partial charge in [-0.25, -0.2) is 0 Å². The number of thioether (sulfide) groups is 1. The van der Waals surface area contributed by atoms with E-state index in [2.05, 4.69) is 5.32 Å². The Morgan fingerprint density at radius 1 is 1.03 bits per heavy atom. The maximum Gasteiger partial charge on any atom is 0.243 e. The molecule has 1 N–H and O–H groups in total. The molecule has 6 heteroatoms. The van der Waals surface area contributed by atoms with E-state index < -0.39 is 6.04 Å². The molecule has 0 aliphatic heterocycles. The fraction of sp³-hybridized carbons (Fsp3) is 0.440. The third kappa shape index (κ3) is 8.96. The van der Waals surface area contributed by atoms with E-state index in [1.807, 2.05) is 82.3 Å². The Balaban J connectivity index is 2.07. The van der Waals surface area contributed by atoms with Crippen LogP contribution in [0, 0.1) is 0 Å². The number of halogens is 1. The molecule has 2 rings (SSSR count). The average Bonchev–Trinajstić information content (AvgIpc) is 2.71. The summed E-state index contributed by atoms with van der Waals surface area (Å²) in [7, 11) is 0. The molecule has 2 aromatic carbocycles. The molecule has 0 saturated heterocycles. The molecule has 31 heavy (non-hydrogen) atoms. The van der Waals surface area contributed by atoms with Crippen LogP contribution in [0.25, 0.3) is 0 Å². The van der Waals surface area contributed by atoms with Crippen LogP contribution < -0.4 is 5.32 Å². The van der Waals surface area contributed by atoms with E-state index in [0.29, 0.717) is 30.2 Å². The quantitative estimate of drug-likeness (QED) is 0.520. The number of hydrogen-bond acceptors (Lipinski definition) is 3. The number of nitrogens with zero attached hydrogens (tertiary/aromatic N) is 1. The van der Waals surface area contributed by atoms with E-state index in [0.717, 1.165) is 16.9 Å². The molecular weight excluding hydrogens is 428 g/mol. The van der Waals surface area contributed by atoms with Gasteiger partial charge in [-0.1, -0.05) is 61.0 Å². The molecule has 0 saturated carbocycles. The lowest BCUT2D eigenvalue weighted by molar-refractivity contribution is -0.139. The van der Waals surface area contributed by atoms with Gasteiger partial charge in [-0.2, -0.15) is 0 Å². The third-order valence-corrected chi connectivity index (χ3v) is 6.02. The predicted molar refractivity (Wildman–Crippen MR) is 131 cm³/mol. The molecule has 0 unspecified atom stereocenters. The van der Waals surface area contributed by atoms with E-state index in [-0.39, 0.29) is 17.4 Å². The van der Waals surface area contributed by atoms with Gasteiger partial charge in [-0.3, -0.25) is 9.59 Å². The highest BCUT2D eigenvalue weighted by Crippen LogP contribution is 2.18. The summed E-state index contributed by atoms with van der Waals surface area (Å²) in [5, 5.41) is 3.74. The summed E-state index contributed by atoms with van der Waals surface area (Å²) in [5.74, 6) is 0.946. The molecule has 4 nitrogen and oxygen atoms in total. The van der Waals surface area contributed by atoms with Gasteiger partial charge in [-0.15, -0.1) is 11.8 Å². The summed E-state index contributed by atoms with van der Waals surface area (Å²) >= 11 is 7.50. The van der Waals surface area contributed by atoms with Crippen LogP contribution in [-0.2, 0) is 21.8 Å². The number of rotatable bonds is 10. The SMILES string of the molecule is CC[C@H](C(=O)NC(C)(C)C)N(CCc1ccccc1)C(=O)CSCc1ccc(Cl)cc1. The second kappa shape index (κ2) is 12.2. The van der Waals surface area contributed by atoms with E-state index in [1.165, 1.54) is 0 Å². The zero-order chi connectivity index (χ0) is 22.9. The van der Waals surface area contributed by atoms with Crippen molar-refractivity contribution < 1.29 is 9.59 Å². The Labute approximate surface area is 195 Å². The first-order valence-corrected chi connectivity index (χ1v) is 12.2. The van der Waals surface area contributed by atoms with Gasteiger partial charge in [0.15, 0.2) is 0 Å². The normalized spacial score (nSPS) is 12.3. The van der Waals surface area contributed by atoms with Crippen molar-refractivity contribution in [2.45, 2.75) is 57.9 Å². The van der Waals surface area contributed by atoms with Gasteiger partial charge in [0.25, 0.3) is 0 Å². The molecule has 2 amide bonds. The van der Waals surface area contributed by atoms with Crippen LogP contribution in [0.4, 0.5) is 0 Å². The zero-order valence-corrected chi connectivity index (χ0v) is 20.4. The summed E-state index contributed by atoms with van der Waals surface area (Å²) in [6.07, 6.45) is 1.29. The van der Waals surface area contributed by atoms with Crippen LogP contribution >= 0.6 is 23.4 Å². The van der Waals surface area contributed by atoms with Crippen LogP contribution in [-0.4, -0.2) is 40.6 Å². The minimum absolute atomic E-state index is 0.00851. The smallest absolute Gasteiger partial charge is 0.243 e. The number of amides is 2. The Morgan fingerprint density at radius 2 is 1.68 bits per heavy atom. The fourth-order valence-corrected chi connectivity index (χ4v) is 4.27. The first-order chi connectivity index (χ1) is 14.7. The molecule has 0 fully saturated rings. The minimum atomic E-state index is -0.480. The average molecular weight is 461 g/mol. The third-order valence-electron chi connectivity index (χ3n) is 4.78. The van der Waals surface area contributed by atoms with Gasteiger partial charge in [0.1, 0.15) is 6.04 Å². The molecule has 0 aromatic heterocycles. The summed E-state index contributed by atoms with van der Waals surface area (Å²) in [5.41, 5.74) is 1.93. The van der Waals surface area contributed by atoms with E-state index >= 15 is 0 Å². The highest BCUT2D eigenvalue weighted by atomic mass is 35.5. The lowest BCUT2D eigenvalue weighted by Gasteiger charge is -2.33. The first-order valence-electron chi connectivity index (χ1n) is 10.7. The summed E-state index contributed by atoms with van der Waals surface area (Å²) in [6.45, 7) is 8.33. The molecule has 0 radical (unpaired) electrons. The van der Waals surface area contributed by atoms with Crippen molar-refractivity contribution in [2.24, 2.45) is 0 Å². The second-order valence-corrected chi connectivity index (χ2v) is 10.0. The van der Waals surface area contributed by atoms with E-state index in [9.17, 15) is 9.59 Å². The van der Waals surface area contributed by atoms with Crippen molar-refractivity contribution in [2.75, 3.05) is 12.3 Å². The van der Waals surface area contributed by atoms with Crippen molar-refractivity contribution in [3.8, 4) is 0 Å². The maximum atomic E-state index is 13.2. The monoisotopic (exact) mass is 460 g/mol. The standard InChI is InChI=1S/C25H33ClN2O2S/c1-5-22(24(30)27-25(2,3)4)28(16-15-19-9-7-6-8-10-19)23(29)18-31-17-20-11-13-21(26)14-12-20/h6-14,22H,5,15-18H2,1-4H3,(H,27,30)/t22-/m1/s1. The van der Waals surface area contributed by atoms with Gasteiger partial charge in [-0.05, 0) is 56.9 Å². The molecule has 0 bridgehead atoms. The lowest BCUT2D eigenvalue weighted by Crippen LogP contribution is -2.54. The van der Waals surface area contributed by atoms with Crippen molar-refractivity contribution >= 4 is 35.2 Å². The van der Waals surface area contributed by atoms with E-state index in [4.69, 9.17) is 11.6 Å². The van der Waals surface area contributed by atoms with Gasteiger partial charge in [0, 0.05) is 22.9 Å². The first kappa shape index (κ1) is 25.3. The van der Waals surface area contributed by atoms with E-state index in [1.54, 1.807) is 16.7 Å². The summed E-state index contributed by atoms with van der Waals surface area (Å²) in [4.78, 5) is 27.9. The Kier molecular flexibility index (Phi) is 9.92. The van der Waals surface area contributed by atoms with Gasteiger partial charge >= 0.3 is 0 Å². The van der Waals surface area contributed by atoms with Crippen LogP contribution in [0.3, 0.4) is 0 Å². The molecular formula is C25H33ClN2O2S. The number of hydrogen-bond donors (Lipinski definition) is 1. The number of benzene rings is 2. The molecule has 0 aliphatic rings. The summed E-state index contributed by atoms with van der Waals surface area (Å²) in [6, 6.07) is 17.2. The molecule has 168 valence electrons. The molecule has 1 atom stereocenters. The molecule has 0 heterocycles. The van der Waals surface area contributed by atoms with Crippen molar-refractivity contribution in [1.82, 2.24) is 10.2 Å². The zero-order valence-electron chi connectivity index (χ0n) is 18.9. The van der Waals surface area contributed by atoms with Crippen LogP contribution in [0.2, 0.25) is 5.02 Å². The molecule has 2 aromatic rings. The van der Waals surface area contributed by atoms with Crippen LogP contribution in [0.5, 0.6) is 0 Å². The minimum Gasteiger partial charge on any atom is -0.350 e. The second-order valence-electron chi connectivity index (χ2n) is 8.61. The predicted octanol–water partition coefficient (Wildman–Crippen LogP) is 5.34. The Hall–Kier alpha value is -1.98. The fourth-order valence-electron chi connectivity index (χ4n) is 3.27. The van der Waals surface area contributed by atoms with Crippen molar-refractivity contribution in [3.05, 3.63) is 70.7 Å². The van der Waals surface area contributed by atoms with Gasteiger partial charge < -0.3 is 10.2 Å².